The third kappa shape index (κ3) is 48.0. The molecule has 6 heteroatoms. The van der Waals surface area contributed by atoms with Crippen molar-refractivity contribution in [1.82, 2.24) is 0 Å². The van der Waals surface area contributed by atoms with Gasteiger partial charge in [0.15, 0.2) is 6.10 Å². The molecular weight excluding hydrogens is 757 g/mol. The van der Waals surface area contributed by atoms with Gasteiger partial charge in [-0.2, -0.15) is 0 Å². The van der Waals surface area contributed by atoms with E-state index in [0.29, 0.717) is 19.3 Å². The summed E-state index contributed by atoms with van der Waals surface area (Å²) in [6.45, 7) is 6.47. The summed E-state index contributed by atoms with van der Waals surface area (Å²) in [5.74, 6) is -0.905. The fourth-order valence-corrected chi connectivity index (χ4v) is 7.21. The number of allylic oxidation sites excluding steroid dienone is 10. The molecule has 0 fully saturated rings. The lowest BCUT2D eigenvalue weighted by Crippen LogP contribution is -2.30. The van der Waals surface area contributed by atoms with Crippen LogP contribution in [-0.2, 0) is 28.6 Å². The predicted octanol–water partition coefficient (Wildman–Crippen LogP) is 16.9. The molecule has 0 aromatic carbocycles. The molecule has 0 aromatic heterocycles. The van der Waals surface area contributed by atoms with Gasteiger partial charge in [0, 0.05) is 19.3 Å². The van der Waals surface area contributed by atoms with E-state index in [1.54, 1.807) is 0 Å². The monoisotopic (exact) mass is 853 g/mol. The molecule has 1 atom stereocenters. The van der Waals surface area contributed by atoms with Gasteiger partial charge in [0.05, 0.1) is 0 Å². The number of unbranched alkanes of at least 4 members (excludes halogenated alkanes) is 28. The SMILES string of the molecule is CC\C=C/C=C\C=C/C=C\CCCCCCCC(=O)OCC(COC(=O)CCCCCCCCCCCCCCC)OC(=O)CCCCCCCCC/C=C\CCCCCC. The van der Waals surface area contributed by atoms with E-state index in [0.717, 1.165) is 83.5 Å². The van der Waals surface area contributed by atoms with Crippen molar-refractivity contribution >= 4 is 17.9 Å². The van der Waals surface area contributed by atoms with E-state index in [1.807, 2.05) is 18.2 Å². The van der Waals surface area contributed by atoms with Crippen molar-refractivity contribution in [2.45, 2.75) is 258 Å². The molecular formula is C55H96O6. The third-order valence-electron chi connectivity index (χ3n) is 11.1. The van der Waals surface area contributed by atoms with Gasteiger partial charge in [0.2, 0.25) is 0 Å². The van der Waals surface area contributed by atoms with E-state index in [9.17, 15) is 14.4 Å². The lowest BCUT2D eigenvalue weighted by molar-refractivity contribution is -0.167. The molecule has 0 bridgehead atoms. The van der Waals surface area contributed by atoms with Gasteiger partial charge in [-0.05, 0) is 64.2 Å². The Kier molecular flexibility index (Phi) is 47.4. The average molecular weight is 853 g/mol. The Balaban J connectivity index is 4.42. The topological polar surface area (TPSA) is 78.9 Å². The van der Waals surface area contributed by atoms with Crippen molar-refractivity contribution in [3.8, 4) is 0 Å². The Hall–Kier alpha value is -2.89. The van der Waals surface area contributed by atoms with Crippen molar-refractivity contribution in [1.29, 1.82) is 0 Å². The van der Waals surface area contributed by atoms with Gasteiger partial charge in [-0.1, -0.05) is 229 Å². The zero-order valence-corrected chi connectivity index (χ0v) is 40.2. The summed E-state index contributed by atoms with van der Waals surface area (Å²) >= 11 is 0. The smallest absolute Gasteiger partial charge is 0.306 e. The molecule has 6 nitrogen and oxygen atoms in total. The van der Waals surface area contributed by atoms with Gasteiger partial charge in [0.1, 0.15) is 13.2 Å². The quantitative estimate of drug-likeness (QED) is 0.0200. The summed E-state index contributed by atoms with van der Waals surface area (Å²) in [4.78, 5) is 38.0. The van der Waals surface area contributed by atoms with Crippen molar-refractivity contribution in [2.24, 2.45) is 0 Å². The van der Waals surface area contributed by atoms with Crippen LogP contribution in [0.3, 0.4) is 0 Å². The summed E-state index contributed by atoms with van der Waals surface area (Å²) in [6.07, 6.45) is 60.5. The Bertz CT molecular complexity index is 1120. The Morgan fingerprint density at radius 3 is 1.07 bits per heavy atom. The number of carbonyl (C=O) groups excluding carboxylic acids is 3. The molecule has 61 heavy (non-hydrogen) atoms. The van der Waals surface area contributed by atoms with Crippen molar-refractivity contribution in [2.75, 3.05) is 13.2 Å². The highest BCUT2D eigenvalue weighted by Crippen LogP contribution is 2.15. The number of rotatable bonds is 46. The highest BCUT2D eigenvalue weighted by atomic mass is 16.6. The predicted molar refractivity (Wildman–Crippen MR) is 261 cm³/mol. The molecule has 0 aromatic rings. The van der Waals surface area contributed by atoms with Crippen molar-refractivity contribution in [3.05, 3.63) is 60.8 Å². The highest BCUT2D eigenvalue weighted by Gasteiger charge is 2.19. The minimum Gasteiger partial charge on any atom is -0.462 e. The molecule has 0 radical (unpaired) electrons. The molecule has 352 valence electrons. The van der Waals surface area contributed by atoms with Gasteiger partial charge in [0.25, 0.3) is 0 Å². The van der Waals surface area contributed by atoms with E-state index in [2.05, 4.69) is 63.3 Å². The maximum atomic E-state index is 12.8. The van der Waals surface area contributed by atoms with Crippen molar-refractivity contribution in [3.63, 3.8) is 0 Å². The fraction of sp³-hybridized carbons (Fsp3) is 0.764. The second-order valence-corrected chi connectivity index (χ2v) is 17.1. The van der Waals surface area contributed by atoms with Crippen LogP contribution in [0.1, 0.15) is 252 Å². The lowest BCUT2D eigenvalue weighted by Gasteiger charge is -2.18. The van der Waals surface area contributed by atoms with Crippen LogP contribution in [0.5, 0.6) is 0 Å². The van der Waals surface area contributed by atoms with Crippen LogP contribution in [-0.4, -0.2) is 37.2 Å². The maximum absolute atomic E-state index is 12.8. The molecule has 0 aliphatic rings. The van der Waals surface area contributed by atoms with E-state index >= 15 is 0 Å². The van der Waals surface area contributed by atoms with Gasteiger partial charge >= 0.3 is 17.9 Å². The minimum absolute atomic E-state index is 0.0818. The number of ether oxygens (including phenoxy) is 3. The number of hydrogen-bond donors (Lipinski definition) is 0. The molecule has 0 spiro atoms. The summed E-state index contributed by atoms with van der Waals surface area (Å²) in [5, 5.41) is 0. The molecule has 0 rings (SSSR count). The molecule has 0 saturated heterocycles. The van der Waals surface area contributed by atoms with Crippen LogP contribution in [0.25, 0.3) is 0 Å². The average Bonchev–Trinajstić information content (AvgIpc) is 3.26. The minimum atomic E-state index is -0.783. The summed E-state index contributed by atoms with van der Waals surface area (Å²) in [7, 11) is 0. The molecule has 0 aliphatic carbocycles. The van der Waals surface area contributed by atoms with Gasteiger partial charge in [-0.25, -0.2) is 0 Å². The van der Waals surface area contributed by atoms with Crippen LogP contribution in [0, 0.1) is 0 Å². The molecule has 1 unspecified atom stereocenters. The summed E-state index contributed by atoms with van der Waals surface area (Å²) in [6, 6.07) is 0. The largest absolute Gasteiger partial charge is 0.462 e. The van der Waals surface area contributed by atoms with Crippen LogP contribution < -0.4 is 0 Å². The van der Waals surface area contributed by atoms with E-state index in [4.69, 9.17) is 14.2 Å². The fourth-order valence-electron chi connectivity index (χ4n) is 7.21. The second kappa shape index (κ2) is 49.8. The van der Waals surface area contributed by atoms with Gasteiger partial charge in [-0.15, -0.1) is 0 Å². The molecule has 0 aliphatic heterocycles. The Morgan fingerprint density at radius 2 is 0.656 bits per heavy atom. The maximum Gasteiger partial charge on any atom is 0.306 e. The zero-order valence-electron chi connectivity index (χ0n) is 40.2. The summed E-state index contributed by atoms with van der Waals surface area (Å²) in [5.41, 5.74) is 0. The first-order chi connectivity index (χ1) is 30.0. The first kappa shape index (κ1) is 58.1. The Labute approximate surface area is 377 Å². The van der Waals surface area contributed by atoms with Crippen LogP contribution in [0.15, 0.2) is 60.8 Å². The van der Waals surface area contributed by atoms with Crippen LogP contribution in [0.4, 0.5) is 0 Å². The number of hydrogen-bond acceptors (Lipinski definition) is 6. The number of carbonyl (C=O) groups is 3. The normalized spacial score (nSPS) is 12.5. The van der Waals surface area contributed by atoms with Crippen molar-refractivity contribution < 1.29 is 28.6 Å². The van der Waals surface area contributed by atoms with Crippen LogP contribution >= 0.6 is 0 Å². The van der Waals surface area contributed by atoms with E-state index in [-0.39, 0.29) is 31.1 Å². The zero-order chi connectivity index (χ0) is 44.4. The Morgan fingerprint density at radius 1 is 0.344 bits per heavy atom. The lowest BCUT2D eigenvalue weighted by atomic mass is 10.0. The first-order valence-corrected chi connectivity index (χ1v) is 25.8. The van der Waals surface area contributed by atoms with E-state index in [1.165, 1.54) is 128 Å². The highest BCUT2D eigenvalue weighted by molar-refractivity contribution is 5.71. The third-order valence-corrected chi connectivity index (χ3v) is 11.1. The summed E-state index contributed by atoms with van der Waals surface area (Å²) < 4.78 is 16.8. The molecule has 0 saturated carbocycles. The second-order valence-electron chi connectivity index (χ2n) is 17.1. The first-order valence-electron chi connectivity index (χ1n) is 25.8. The van der Waals surface area contributed by atoms with Gasteiger partial charge < -0.3 is 14.2 Å². The standard InChI is InChI=1S/C55H96O6/c1-4-7-10-13-16-19-22-25-27-30-33-36-39-42-45-48-54(57)60-51-52(50-59-53(56)47-44-41-38-35-32-29-24-21-18-15-12-9-6-3)61-55(58)49-46-43-40-37-34-31-28-26-23-20-17-14-11-8-5-2/h7,10,13,16,19-20,22-23,25,27,52H,4-6,8-9,11-12,14-15,17-18,21,24,26,28-51H2,1-3H3/b10-7-,16-13-,22-19-,23-20-,27-25-. The number of esters is 3. The molecule has 0 N–H and O–H groups in total. The van der Waals surface area contributed by atoms with E-state index < -0.39 is 6.10 Å². The van der Waals surface area contributed by atoms with Gasteiger partial charge in [-0.3, -0.25) is 14.4 Å². The molecule has 0 heterocycles. The van der Waals surface area contributed by atoms with Crippen LogP contribution in [0.2, 0.25) is 0 Å². The molecule has 0 amide bonds.